The second-order valence-corrected chi connectivity index (χ2v) is 2.81. The Morgan fingerprint density at radius 3 is 3.17 bits per heavy atom. The standard InChI is InChI=1S/C9H15NO2/c1-2-12-9(11)6-5-8-4-3-7-10-8/h5-6,8,10H,2-4,7H2,1H3/b6-5+/t8-/m0/s1. The van der Waals surface area contributed by atoms with Crippen molar-refractivity contribution in [2.75, 3.05) is 13.2 Å². The fourth-order valence-corrected chi connectivity index (χ4v) is 1.26. The van der Waals surface area contributed by atoms with Gasteiger partial charge in [-0.1, -0.05) is 6.08 Å². The van der Waals surface area contributed by atoms with E-state index in [1.165, 1.54) is 12.5 Å². The van der Waals surface area contributed by atoms with Crippen LogP contribution in [0.5, 0.6) is 0 Å². The maximum absolute atomic E-state index is 10.9. The van der Waals surface area contributed by atoms with Gasteiger partial charge < -0.3 is 10.1 Å². The summed E-state index contributed by atoms with van der Waals surface area (Å²) in [5, 5.41) is 3.26. The molecule has 1 aliphatic heterocycles. The molecule has 1 aliphatic rings. The molecule has 1 N–H and O–H groups in total. The van der Waals surface area contributed by atoms with Crippen LogP contribution < -0.4 is 5.32 Å². The topological polar surface area (TPSA) is 38.3 Å². The molecule has 0 amide bonds. The highest BCUT2D eigenvalue weighted by molar-refractivity contribution is 5.81. The number of ether oxygens (including phenoxy) is 1. The van der Waals surface area contributed by atoms with Crippen molar-refractivity contribution in [1.29, 1.82) is 0 Å². The summed E-state index contributed by atoms with van der Waals surface area (Å²) in [5.74, 6) is -0.244. The van der Waals surface area contributed by atoms with Crippen LogP contribution >= 0.6 is 0 Å². The molecule has 0 saturated carbocycles. The molecule has 68 valence electrons. The van der Waals surface area contributed by atoms with E-state index >= 15 is 0 Å². The number of esters is 1. The third-order valence-electron chi connectivity index (χ3n) is 1.85. The maximum atomic E-state index is 10.9. The molecular weight excluding hydrogens is 154 g/mol. The molecule has 3 heteroatoms. The Balaban J connectivity index is 2.23. The van der Waals surface area contributed by atoms with E-state index in [0.29, 0.717) is 12.6 Å². The molecule has 0 bridgehead atoms. The van der Waals surface area contributed by atoms with E-state index in [2.05, 4.69) is 5.32 Å². The predicted molar refractivity (Wildman–Crippen MR) is 46.8 cm³/mol. The lowest BCUT2D eigenvalue weighted by molar-refractivity contribution is -0.137. The van der Waals surface area contributed by atoms with Crippen LogP contribution in [0.15, 0.2) is 12.2 Å². The minimum Gasteiger partial charge on any atom is -0.463 e. The van der Waals surface area contributed by atoms with Gasteiger partial charge in [0, 0.05) is 12.1 Å². The van der Waals surface area contributed by atoms with Gasteiger partial charge in [0.25, 0.3) is 0 Å². The molecule has 1 saturated heterocycles. The van der Waals surface area contributed by atoms with E-state index in [4.69, 9.17) is 4.74 Å². The molecule has 0 aromatic carbocycles. The van der Waals surface area contributed by atoms with Crippen molar-refractivity contribution in [3.8, 4) is 0 Å². The van der Waals surface area contributed by atoms with Gasteiger partial charge in [0.15, 0.2) is 0 Å². The lowest BCUT2D eigenvalue weighted by Gasteiger charge is -2.01. The summed E-state index contributed by atoms with van der Waals surface area (Å²) in [6.07, 6.45) is 5.70. The van der Waals surface area contributed by atoms with Crippen LogP contribution in [-0.4, -0.2) is 25.2 Å². The monoisotopic (exact) mass is 169 g/mol. The summed E-state index contributed by atoms with van der Waals surface area (Å²) < 4.78 is 4.75. The first-order valence-electron chi connectivity index (χ1n) is 4.41. The molecule has 3 nitrogen and oxygen atoms in total. The average molecular weight is 169 g/mol. The molecule has 0 unspecified atom stereocenters. The smallest absolute Gasteiger partial charge is 0.330 e. The van der Waals surface area contributed by atoms with Crippen LogP contribution in [0.25, 0.3) is 0 Å². The lowest BCUT2D eigenvalue weighted by atomic mass is 10.2. The zero-order chi connectivity index (χ0) is 8.81. The average Bonchev–Trinajstić information content (AvgIpc) is 2.53. The number of hydrogen-bond donors (Lipinski definition) is 1. The SMILES string of the molecule is CCOC(=O)/C=C/[C@@H]1CCCN1. The Kier molecular flexibility index (Phi) is 3.80. The van der Waals surface area contributed by atoms with Gasteiger partial charge in [-0.15, -0.1) is 0 Å². The molecule has 1 fully saturated rings. The predicted octanol–water partition coefficient (Wildman–Crippen LogP) is 0.858. The van der Waals surface area contributed by atoms with E-state index in [1.807, 2.05) is 6.08 Å². The highest BCUT2D eigenvalue weighted by atomic mass is 16.5. The van der Waals surface area contributed by atoms with Crippen molar-refractivity contribution in [2.45, 2.75) is 25.8 Å². The third-order valence-corrected chi connectivity index (χ3v) is 1.85. The van der Waals surface area contributed by atoms with Gasteiger partial charge in [0.2, 0.25) is 0 Å². The Morgan fingerprint density at radius 1 is 1.75 bits per heavy atom. The summed E-state index contributed by atoms with van der Waals surface area (Å²) in [5.41, 5.74) is 0. The van der Waals surface area contributed by atoms with E-state index < -0.39 is 0 Å². The Labute approximate surface area is 72.8 Å². The largest absolute Gasteiger partial charge is 0.463 e. The van der Waals surface area contributed by atoms with Crippen molar-refractivity contribution >= 4 is 5.97 Å². The molecule has 0 radical (unpaired) electrons. The van der Waals surface area contributed by atoms with Crippen LogP contribution in [0.2, 0.25) is 0 Å². The summed E-state index contributed by atoms with van der Waals surface area (Å²) in [6, 6.07) is 0.370. The van der Waals surface area contributed by atoms with Gasteiger partial charge in [-0.25, -0.2) is 4.79 Å². The number of carbonyl (C=O) groups is 1. The van der Waals surface area contributed by atoms with Crippen molar-refractivity contribution in [2.24, 2.45) is 0 Å². The second-order valence-electron chi connectivity index (χ2n) is 2.81. The molecule has 1 atom stereocenters. The molecular formula is C9H15NO2. The highest BCUT2D eigenvalue weighted by Crippen LogP contribution is 2.05. The third kappa shape index (κ3) is 3.05. The first kappa shape index (κ1) is 9.26. The molecule has 0 aromatic heterocycles. The van der Waals surface area contributed by atoms with Crippen molar-refractivity contribution in [1.82, 2.24) is 5.32 Å². The van der Waals surface area contributed by atoms with Crippen molar-refractivity contribution < 1.29 is 9.53 Å². The molecule has 1 heterocycles. The minimum atomic E-state index is -0.244. The molecule has 1 rings (SSSR count). The summed E-state index contributed by atoms with van der Waals surface area (Å²) in [6.45, 7) is 3.30. The quantitative estimate of drug-likeness (QED) is 0.503. The molecule has 0 aromatic rings. The van der Waals surface area contributed by atoms with E-state index in [-0.39, 0.29) is 5.97 Å². The summed E-state index contributed by atoms with van der Waals surface area (Å²) >= 11 is 0. The van der Waals surface area contributed by atoms with Crippen LogP contribution in [0, 0.1) is 0 Å². The molecule has 12 heavy (non-hydrogen) atoms. The van der Waals surface area contributed by atoms with Crippen LogP contribution in [0.4, 0.5) is 0 Å². The number of hydrogen-bond acceptors (Lipinski definition) is 3. The molecule has 0 aliphatic carbocycles. The van der Waals surface area contributed by atoms with Gasteiger partial charge in [-0.3, -0.25) is 0 Å². The van der Waals surface area contributed by atoms with E-state index in [9.17, 15) is 4.79 Å². The van der Waals surface area contributed by atoms with Gasteiger partial charge in [-0.2, -0.15) is 0 Å². The first-order valence-corrected chi connectivity index (χ1v) is 4.41. The normalized spacial score (nSPS) is 23.2. The zero-order valence-electron chi connectivity index (χ0n) is 7.38. The van der Waals surface area contributed by atoms with E-state index in [1.54, 1.807) is 6.92 Å². The highest BCUT2D eigenvalue weighted by Gasteiger charge is 2.10. The number of nitrogens with one attached hydrogen (secondary N) is 1. The summed E-state index contributed by atoms with van der Waals surface area (Å²) in [4.78, 5) is 10.9. The van der Waals surface area contributed by atoms with Crippen molar-refractivity contribution in [3.63, 3.8) is 0 Å². The Hall–Kier alpha value is -0.830. The zero-order valence-corrected chi connectivity index (χ0v) is 7.38. The number of carbonyl (C=O) groups excluding carboxylic acids is 1. The lowest BCUT2D eigenvalue weighted by Crippen LogP contribution is -2.18. The number of rotatable bonds is 3. The fraction of sp³-hybridized carbons (Fsp3) is 0.667. The minimum absolute atomic E-state index is 0.244. The van der Waals surface area contributed by atoms with E-state index in [0.717, 1.165) is 13.0 Å². The molecule has 0 spiro atoms. The van der Waals surface area contributed by atoms with Gasteiger partial charge in [0.05, 0.1) is 6.61 Å². The summed E-state index contributed by atoms with van der Waals surface area (Å²) in [7, 11) is 0. The Bertz CT molecular complexity index is 171. The van der Waals surface area contributed by atoms with Crippen LogP contribution in [-0.2, 0) is 9.53 Å². The second kappa shape index (κ2) is 4.93. The van der Waals surface area contributed by atoms with Crippen LogP contribution in [0.1, 0.15) is 19.8 Å². The van der Waals surface area contributed by atoms with Gasteiger partial charge in [-0.05, 0) is 26.3 Å². The Morgan fingerprint density at radius 2 is 2.58 bits per heavy atom. The fourth-order valence-electron chi connectivity index (χ4n) is 1.26. The van der Waals surface area contributed by atoms with Gasteiger partial charge >= 0.3 is 5.97 Å². The van der Waals surface area contributed by atoms with Crippen LogP contribution in [0.3, 0.4) is 0 Å². The first-order chi connectivity index (χ1) is 5.83. The van der Waals surface area contributed by atoms with Crippen molar-refractivity contribution in [3.05, 3.63) is 12.2 Å². The maximum Gasteiger partial charge on any atom is 0.330 e. The van der Waals surface area contributed by atoms with Gasteiger partial charge in [0.1, 0.15) is 0 Å².